The molecule has 0 spiro atoms. The third-order valence-corrected chi connectivity index (χ3v) is 4.65. The van der Waals surface area contributed by atoms with Gasteiger partial charge in [-0.15, -0.1) is 0 Å². The van der Waals surface area contributed by atoms with Crippen LogP contribution in [0.3, 0.4) is 0 Å². The van der Waals surface area contributed by atoms with Crippen molar-refractivity contribution in [2.45, 2.75) is 19.1 Å². The lowest BCUT2D eigenvalue weighted by Gasteiger charge is -2.38. The third kappa shape index (κ3) is 3.55. The summed E-state index contributed by atoms with van der Waals surface area (Å²) < 4.78 is 7.15. The first-order valence-corrected chi connectivity index (χ1v) is 8.89. The zero-order valence-corrected chi connectivity index (χ0v) is 15.0. The van der Waals surface area contributed by atoms with Crippen LogP contribution in [0.4, 0.5) is 0 Å². The standard InChI is InChI=1S/C20H17N5O3/c21-10-14-5-7-22-18(9-14)28-15-11-25(12-15)19(26)6-8-24-13-23-17-4-2-1-3-16(17)20(24)27/h1-5,7,9,13,15H,6,8,11-12H2. The van der Waals surface area contributed by atoms with Gasteiger partial charge in [-0.2, -0.15) is 5.26 Å². The fourth-order valence-electron chi connectivity index (χ4n) is 3.07. The number of rotatable bonds is 5. The van der Waals surface area contributed by atoms with Gasteiger partial charge >= 0.3 is 0 Å². The van der Waals surface area contributed by atoms with Crippen LogP contribution in [0.15, 0.2) is 53.7 Å². The minimum atomic E-state index is -0.147. The number of aromatic nitrogens is 3. The molecule has 1 amide bonds. The quantitative estimate of drug-likeness (QED) is 0.667. The number of ether oxygens (including phenoxy) is 1. The number of hydrogen-bond acceptors (Lipinski definition) is 6. The summed E-state index contributed by atoms with van der Waals surface area (Å²) in [5, 5.41) is 9.44. The van der Waals surface area contributed by atoms with E-state index in [1.807, 2.05) is 12.1 Å². The van der Waals surface area contributed by atoms with E-state index in [2.05, 4.69) is 9.97 Å². The van der Waals surface area contributed by atoms with E-state index in [-0.39, 0.29) is 30.5 Å². The minimum Gasteiger partial charge on any atom is -0.471 e. The van der Waals surface area contributed by atoms with Gasteiger partial charge in [0.2, 0.25) is 11.8 Å². The second-order valence-electron chi connectivity index (χ2n) is 6.54. The summed E-state index contributed by atoms with van der Waals surface area (Å²) in [6.07, 6.45) is 3.07. The molecule has 1 aliphatic rings. The summed E-state index contributed by atoms with van der Waals surface area (Å²) in [5.41, 5.74) is 0.977. The predicted molar refractivity (Wildman–Crippen MR) is 101 cm³/mol. The molecule has 1 fully saturated rings. The van der Waals surface area contributed by atoms with Gasteiger partial charge < -0.3 is 9.64 Å². The predicted octanol–water partition coefficient (Wildman–Crippen LogP) is 1.34. The van der Waals surface area contributed by atoms with E-state index in [9.17, 15) is 9.59 Å². The van der Waals surface area contributed by atoms with Gasteiger partial charge in [-0.25, -0.2) is 9.97 Å². The number of aryl methyl sites for hydroxylation is 1. The van der Waals surface area contributed by atoms with Crippen molar-refractivity contribution in [2.75, 3.05) is 13.1 Å². The third-order valence-electron chi connectivity index (χ3n) is 4.65. The molecule has 0 bridgehead atoms. The van der Waals surface area contributed by atoms with Crippen LogP contribution in [0.5, 0.6) is 5.88 Å². The number of carbonyl (C=O) groups is 1. The van der Waals surface area contributed by atoms with Gasteiger partial charge in [0.25, 0.3) is 5.56 Å². The molecular weight excluding hydrogens is 358 g/mol. The van der Waals surface area contributed by atoms with Crippen molar-refractivity contribution in [2.24, 2.45) is 0 Å². The summed E-state index contributed by atoms with van der Waals surface area (Å²) in [7, 11) is 0. The normalized spacial score (nSPS) is 13.8. The zero-order chi connectivity index (χ0) is 19.5. The number of benzene rings is 1. The summed E-state index contributed by atoms with van der Waals surface area (Å²) in [6, 6.07) is 12.4. The highest BCUT2D eigenvalue weighted by atomic mass is 16.5. The Bertz CT molecular complexity index is 1130. The van der Waals surface area contributed by atoms with Crippen molar-refractivity contribution in [1.82, 2.24) is 19.4 Å². The maximum Gasteiger partial charge on any atom is 0.261 e. The molecule has 0 N–H and O–H groups in total. The van der Waals surface area contributed by atoms with Crippen molar-refractivity contribution in [1.29, 1.82) is 5.26 Å². The highest BCUT2D eigenvalue weighted by Gasteiger charge is 2.32. The number of likely N-dealkylation sites (tertiary alicyclic amines) is 1. The first-order valence-electron chi connectivity index (χ1n) is 8.89. The molecule has 3 heterocycles. The molecule has 1 aliphatic heterocycles. The van der Waals surface area contributed by atoms with Gasteiger partial charge in [0.15, 0.2) is 0 Å². The number of amides is 1. The Hall–Kier alpha value is -3.73. The average molecular weight is 375 g/mol. The number of pyridine rings is 1. The summed E-state index contributed by atoms with van der Waals surface area (Å²) in [4.78, 5) is 34.8. The van der Waals surface area contributed by atoms with E-state index in [0.29, 0.717) is 35.4 Å². The number of nitriles is 1. The lowest BCUT2D eigenvalue weighted by atomic mass is 10.1. The molecule has 8 heteroatoms. The molecule has 140 valence electrons. The van der Waals surface area contributed by atoms with E-state index in [1.165, 1.54) is 17.1 Å². The number of carbonyl (C=O) groups excluding carboxylic acids is 1. The van der Waals surface area contributed by atoms with E-state index >= 15 is 0 Å². The lowest BCUT2D eigenvalue weighted by Crippen LogP contribution is -2.56. The molecule has 4 rings (SSSR count). The SMILES string of the molecule is N#Cc1ccnc(OC2CN(C(=O)CCn3cnc4ccccc4c3=O)C2)c1. The average Bonchev–Trinajstić information content (AvgIpc) is 2.70. The summed E-state index contributed by atoms with van der Waals surface area (Å²) >= 11 is 0. The molecule has 1 aromatic carbocycles. The molecule has 0 unspecified atom stereocenters. The van der Waals surface area contributed by atoms with E-state index in [0.717, 1.165) is 0 Å². The second kappa shape index (κ2) is 7.48. The van der Waals surface area contributed by atoms with Crippen molar-refractivity contribution >= 4 is 16.8 Å². The minimum absolute atomic E-state index is 0.0429. The lowest BCUT2D eigenvalue weighted by molar-refractivity contribution is -0.140. The Labute approximate surface area is 160 Å². The highest BCUT2D eigenvalue weighted by molar-refractivity contribution is 5.78. The van der Waals surface area contributed by atoms with Crippen LogP contribution in [0.25, 0.3) is 10.9 Å². The summed E-state index contributed by atoms with van der Waals surface area (Å²) in [5.74, 6) is 0.337. The van der Waals surface area contributed by atoms with Crippen molar-refractivity contribution < 1.29 is 9.53 Å². The Morgan fingerprint density at radius 3 is 2.89 bits per heavy atom. The number of fused-ring (bicyclic) bond motifs is 1. The Morgan fingerprint density at radius 2 is 2.07 bits per heavy atom. The van der Waals surface area contributed by atoms with Crippen molar-refractivity contribution in [3.63, 3.8) is 0 Å². The number of nitrogens with zero attached hydrogens (tertiary/aromatic N) is 5. The zero-order valence-electron chi connectivity index (χ0n) is 15.0. The van der Waals surface area contributed by atoms with E-state index in [4.69, 9.17) is 10.00 Å². The number of hydrogen-bond donors (Lipinski definition) is 0. The molecule has 0 aliphatic carbocycles. The molecule has 0 radical (unpaired) electrons. The fraction of sp³-hybridized carbons (Fsp3) is 0.250. The maximum atomic E-state index is 12.5. The van der Waals surface area contributed by atoms with Crippen LogP contribution in [-0.2, 0) is 11.3 Å². The van der Waals surface area contributed by atoms with Crippen LogP contribution in [0, 0.1) is 11.3 Å². The van der Waals surface area contributed by atoms with Crippen LogP contribution >= 0.6 is 0 Å². The molecule has 0 saturated carbocycles. The van der Waals surface area contributed by atoms with Crippen LogP contribution < -0.4 is 10.3 Å². The molecule has 3 aromatic rings. The smallest absolute Gasteiger partial charge is 0.261 e. The molecule has 28 heavy (non-hydrogen) atoms. The van der Waals surface area contributed by atoms with Crippen molar-refractivity contribution in [3.05, 3.63) is 64.8 Å². The van der Waals surface area contributed by atoms with Crippen LogP contribution in [-0.4, -0.2) is 44.5 Å². The van der Waals surface area contributed by atoms with Crippen LogP contribution in [0.2, 0.25) is 0 Å². The van der Waals surface area contributed by atoms with E-state index in [1.54, 1.807) is 35.2 Å². The topological polar surface area (TPSA) is 101 Å². The number of para-hydroxylation sites is 1. The maximum absolute atomic E-state index is 12.5. The molecule has 1 saturated heterocycles. The highest BCUT2D eigenvalue weighted by Crippen LogP contribution is 2.17. The Balaban J connectivity index is 1.31. The molecule has 0 atom stereocenters. The summed E-state index contributed by atoms with van der Waals surface area (Å²) in [6.45, 7) is 1.20. The van der Waals surface area contributed by atoms with E-state index < -0.39 is 0 Å². The van der Waals surface area contributed by atoms with Crippen molar-refractivity contribution in [3.8, 4) is 11.9 Å². The van der Waals surface area contributed by atoms with Gasteiger partial charge in [0.1, 0.15) is 6.10 Å². The van der Waals surface area contributed by atoms with Gasteiger partial charge in [0.05, 0.1) is 42.0 Å². The molecule has 2 aromatic heterocycles. The molecule has 8 nitrogen and oxygen atoms in total. The Kier molecular flexibility index (Phi) is 4.72. The van der Waals surface area contributed by atoms with Gasteiger partial charge in [-0.05, 0) is 18.2 Å². The molecular formula is C20H17N5O3. The van der Waals surface area contributed by atoms with Crippen LogP contribution in [0.1, 0.15) is 12.0 Å². The van der Waals surface area contributed by atoms with Gasteiger partial charge in [-0.1, -0.05) is 12.1 Å². The largest absolute Gasteiger partial charge is 0.471 e. The fourth-order valence-corrected chi connectivity index (χ4v) is 3.07. The first-order chi connectivity index (χ1) is 13.6. The monoisotopic (exact) mass is 375 g/mol. The second-order valence-corrected chi connectivity index (χ2v) is 6.54. The first kappa shape index (κ1) is 17.7. The van der Waals surface area contributed by atoms with Gasteiger partial charge in [0, 0.05) is 25.2 Å². The van der Waals surface area contributed by atoms with Gasteiger partial charge in [-0.3, -0.25) is 14.2 Å². The Morgan fingerprint density at radius 1 is 1.25 bits per heavy atom.